The third-order valence-corrected chi connectivity index (χ3v) is 4.60. The van der Waals surface area contributed by atoms with Gasteiger partial charge in [0.25, 0.3) is 11.8 Å². The van der Waals surface area contributed by atoms with Crippen LogP contribution in [-0.2, 0) is 0 Å². The van der Waals surface area contributed by atoms with Crippen LogP contribution < -0.4 is 10.6 Å². The zero-order chi connectivity index (χ0) is 18.3. The van der Waals surface area contributed by atoms with Crippen molar-refractivity contribution >= 4 is 23.0 Å². The Morgan fingerprint density at radius 3 is 2.46 bits per heavy atom. The zero-order valence-corrected chi connectivity index (χ0v) is 14.7. The van der Waals surface area contributed by atoms with Crippen LogP contribution >= 0.6 is 0 Å². The summed E-state index contributed by atoms with van der Waals surface area (Å²) in [5.41, 5.74) is 3.59. The molecule has 2 heterocycles. The highest BCUT2D eigenvalue weighted by Gasteiger charge is 2.27. The predicted molar refractivity (Wildman–Crippen MR) is 99.5 cm³/mol. The number of fused-ring (bicyclic) bond motifs is 1. The Morgan fingerprint density at radius 1 is 1.04 bits per heavy atom. The predicted octanol–water partition coefficient (Wildman–Crippen LogP) is 3.10. The first-order chi connectivity index (χ1) is 12.5. The number of nitrogens with zero attached hydrogens (tertiary/aromatic N) is 2. The van der Waals surface area contributed by atoms with Gasteiger partial charge in [-0.1, -0.05) is 24.3 Å². The summed E-state index contributed by atoms with van der Waals surface area (Å²) in [6.45, 7) is 3.89. The highest BCUT2D eigenvalue weighted by atomic mass is 16.2. The van der Waals surface area contributed by atoms with Gasteiger partial charge in [0.1, 0.15) is 0 Å². The number of carbonyl (C=O) groups is 2. The summed E-state index contributed by atoms with van der Waals surface area (Å²) >= 11 is 0. The van der Waals surface area contributed by atoms with Crippen LogP contribution in [0.5, 0.6) is 0 Å². The molecule has 0 aliphatic heterocycles. The second-order valence-electron chi connectivity index (χ2n) is 6.71. The van der Waals surface area contributed by atoms with Gasteiger partial charge >= 0.3 is 0 Å². The third-order valence-electron chi connectivity index (χ3n) is 4.60. The standard InChI is InChI=1S/C20H20N4O2/c1-12-6-5-7-13(2)16(12)23-19(25)17-15-8-3-4-11-24(15)18(22-17)20(26)21-14-9-10-14/h3-8,11,14H,9-10H2,1-2H3,(H,21,26)(H,23,25). The number of hydrogen-bond donors (Lipinski definition) is 2. The highest BCUT2D eigenvalue weighted by Crippen LogP contribution is 2.23. The Hall–Kier alpha value is -3.15. The number of benzene rings is 1. The van der Waals surface area contributed by atoms with Gasteiger partial charge in [0.15, 0.2) is 5.69 Å². The number of hydrogen-bond acceptors (Lipinski definition) is 3. The van der Waals surface area contributed by atoms with E-state index in [1.165, 1.54) is 0 Å². The number of pyridine rings is 1. The lowest BCUT2D eigenvalue weighted by Gasteiger charge is -2.10. The topological polar surface area (TPSA) is 75.5 Å². The van der Waals surface area contributed by atoms with Gasteiger partial charge in [0.2, 0.25) is 5.82 Å². The highest BCUT2D eigenvalue weighted by molar-refractivity contribution is 6.09. The molecule has 1 aliphatic rings. The minimum absolute atomic E-state index is 0.227. The van der Waals surface area contributed by atoms with Crippen LogP contribution in [0.3, 0.4) is 0 Å². The lowest BCUT2D eigenvalue weighted by atomic mass is 10.1. The zero-order valence-electron chi connectivity index (χ0n) is 14.7. The molecule has 0 radical (unpaired) electrons. The Kier molecular flexibility index (Phi) is 3.95. The maximum Gasteiger partial charge on any atom is 0.287 e. The number of para-hydroxylation sites is 1. The minimum Gasteiger partial charge on any atom is -0.347 e. The van der Waals surface area contributed by atoms with Gasteiger partial charge in [0, 0.05) is 17.9 Å². The third kappa shape index (κ3) is 2.94. The Morgan fingerprint density at radius 2 is 1.77 bits per heavy atom. The van der Waals surface area contributed by atoms with Crippen LogP contribution in [0.4, 0.5) is 5.69 Å². The lowest BCUT2D eigenvalue weighted by Crippen LogP contribution is -2.27. The van der Waals surface area contributed by atoms with Crippen LogP contribution in [-0.4, -0.2) is 27.2 Å². The van der Waals surface area contributed by atoms with Gasteiger partial charge in [-0.25, -0.2) is 4.98 Å². The van der Waals surface area contributed by atoms with Crippen LogP contribution in [0.2, 0.25) is 0 Å². The van der Waals surface area contributed by atoms with Gasteiger partial charge in [-0.2, -0.15) is 0 Å². The van der Waals surface area contributed by atoms with Crippen molar-refractivity contribution in [3.63, 3.8) is 0 Å². The molecule has 1 aliphatic carbocycles. The van der Waals surface area contributed by atoms with Crippen LogP contribution in [0.1, 0.15) is 45.1 Å². The Bertz CT molecular complexity index is 998. The smallest absolute Gasteiger partial charge is 0.287 e. The van der Waals surface area contributed by atoms with E-state index in [9.17, 15) is 9.59 Å². The summed E-state index contributed by atoms with van der Waals surface area (Å²) < 4.78 is 1.66. The maximum atomic E-state index is 12.9. The molecule has 2 amide bonds. The molecule has 1 fully saturated rings. The first-order valence-corrected chi connectivity index (χ1v) is 8.70. The first-order valence-electron chi connectivity index (χ1n) is 8.70. The fraction of sp³-hybridized carbons (Fsp3) is 0.250. The molecule has 6 nitrogen and oxygen atoms in total. The number of rotatable bonds is 4. The van der Waals surface area contributed by atoms with Crippen molar-refractivity contribution < 1.29 is 9.59 Å². The number of carbonyl (C=O) groups excluding carboxylic acids is 2. The molecule has 2 aromatic heterocycles. The van der Waals surface area contributed by atoms with Crippen molar-refractivity contribution in [1.82, 2.24) is 14.7 Å². The minimum atomic E-state index is -0.323. The number of aromatic nitrogens is 2. The van der Waals surface area contributed by atoms with Gasteiger partial charge in [-0.3, -0.25) is 14.0 Å². The number of imidazole rings is 1. The van der Waals surface area contributed by atoms with Gasteiger partial charge in [0.05, 0.1) is 5.52 Å². The van der Waals surface area contributed by atoms with Gasteiger partial charge in [-0.05, 0) is 49.9 Å². The van der Waals surface area contributed by atoms with E-state index in [0.717, 1.165) is 29.7 Å². The summed E-state index contributed by atoms with van der Waals surface area (Å²) in [4.78, 5) is 29.7. The van der Waals surface area contributed by atoms with E-state index >= 15 is 0 Å². The molecule has 1 saturated carbocycles. The van der Waals surface area contributed by atoms with E-state index in [4.69, 9.17) is 0 Å². The molecular formula is C20H20N4O2. The normalized spacial score (nSPS) is 13.6. The van der Waals surface area contributed by atoms with Crippen molar-refractivity contribution in [2.75, 3.05) is 5.32 Å². The van der Waals surface area contributed by atoms with Crippen molar-refractivity contribution in [3.8, 4) is 0 Å². The van der Waals surface area contributed by atoms with E-state index in [2.05, 4.69) is 15.6 Å². The average molecular weight is 348 g/mol. The lowest BCUT2D eigenvalue weighted by molar-refractivity contribution is 0.0940. The molecule has 0 spiro atoms. The largest absolute Gasteiger partial charge is 0.347 e. The van der Waals surface area contributed by atoms with E-state index in [1.54, 1.807) is 16.7 Å². The average Bonchev–Trinajstić information content (AvgIpc) is 3.35. The first kappa shape index (κ1) is 16.3. The van der Waals surface area contributed by atoms with Crippen molar-refractivity contribution in [3.05, 3.63) is 65.2 Å². The van der Waals surface area contributed by atoms with E-state index in [1.807, 2.05) is 44.2 Å². The summed E-state index contributed by atoms with van der Waals surface area (Å²) in [6.07, 6.45) is 3.74. The number of nitrogens with one attached hydrogen (secondary N) is 2. The van der Waals surface area contributed by atoms with Crippen LogP contribution in [0, 0.1) is 13.8 Å². The molecule has 1 aromatic carbocycles. The molecule has 26 heavy (non-hydrogen) atoms. The number of anilines is 1. The van der Waals surface area contributed by atoms with Crippen molar-refractivity contribution in [1.29, 1.82) is 0 Å². The molecule has 0 unspecified atom stereocenters. The summed E-state index contributed by atoms with van der Waals surface area (Å²) in [5.74, 6) is -0.337. The SMILES string of the molecule is Cc1cccc(C)c1NC(=O)c1nc(C(=O)NC2CC2)n2ccccc12. The number of amides is 2. The van der Waals surface area contributed by atoms with Crippen molar-refractivity contribution in [2.45, 2.75) is 32.7 Å². The van der Waals surface area contributed by atoms with E-state index in [0.29, 0.717) is 5.52 Å². The fourth-order valence-electron chi connectivity index (χ4n) is 3.03. The molecule has 4 rings (SSSR count). The molecule has 0 atom stereocenters. The molecule has 2 N–H and O–H groups in total. The van der Waals surface area contributed by atoms with Crippen molar-refractivity contribution in [2.24, 2.45) is 0 Å². The Balaban J connectivity index is 1.71. The van der Waals surface area contributed by atoms with Gasteiger partial charge in [-0.15, -0.1) is 0 Å². The van der Waals surface area contributed by atoms with Crippen LogP contribution in [0.25, 0.3) is 5.52 Å². The molecule has 3 aromatic rings. The summed E-state index contributed by atoms with van der Waals surface area (Å²) in [6, 6.07) is 11.5. The monoisotopic (exact) mass is 348 g/mol. The van der Waals surface area contributed by atoms with E-state index in [-0.39, 0.29) is 29.4 Å². The number of aryl methyl sites for hydroxylation is 2. The molecule has 0 bridgehead atoms. The molecule has 6 heteroatoms. The summed E-state index contributed by atoms with van der Waals surface area (Å²) in [7, 11) is 0. The second kappa shape index (κ2) is 6.29. The second-order valence-corrected chi connectivity index (χ2v) is 6.71. The van der Waals surface area contributed by atoms with Crippen LogP contribution in [0.15, 0.2) is 42.6 Å². The molecule has 132 valence electrons. The quantitative estimate of drug-likeness (QED) is 0.761. The Labute approximate surface area is 151 Å². The fourth-order valence-corrected chi connectivity index (χ4v) is 3.03. The van der Waals surface area contributed by atoms with Gasteiger partial charge < -0.3 is 10.6 Å². The van der Waals surface area contributed by atoms with E-state index < -0.39 is 0 Å². The molecule has 0 saturated heterocycles. The molecular weight excluding hydrogens is 328 g/mol. The summed E-state index contributed by atoms with van der Waals surface area (Å²) in [5, 5.41) is 5.87. The maximum absolute atomic E-state index is 12.9.